The number of carbonyl (C=O) groups is 2. The normalized spacial score (nSPS) is 18.4. The van der Waals surface area contributed by atoms with Gasteiger partial charge in [-0.05, 0) is 12.1 Å². The number of rotatable bonds is 6. The van der Waals surface area contributed by atoms with Gasteiger partial charge in [-0.15, -0.1) is 0 Å². The number of hydrogen-bond donors (Lipinski definition) is 2. The number of para-hydroxylation sites is 1. The van der Waals surface area contributed by atoms with E-state index in [9.17, 15) is 19.8 Å². The third-order valence-corrected chi connectivity index (χ3v) is 4.32. The summed E-state index contributed by atoms with van der Waals surface area (Å²) in [5.41, 5.74) is 1.36. The highest BCUT2D eigenvalue weighted by atomic mass is 16.3. The van der Waals surface area contributed by atoms with Crippen molar-refractivity contribution >= 4 is 23.0 Å². The summed E-state index contributed by atoms with van der Waals surface area (Å²) >= 11 is 0. The fraction of sp³-hybridized carbons (Fsp3) is 0.250. The summed E-state index contributed by atoms with van der Waals surface area (Å²) in [6.45, 7) is -0.0864. The molecule has 6 heteroatoms. The number of ketones is 2. The van der Waals surface area contributed by atoms with Crippen molar-refractivity contribution in [2.75, 3.05) is 26.3 Å². The second-order valence-electron chi connectivity index (χ2n) is 5.96. The highest BCUT2D eigenvalue weighted by molar-refractivity contribution is 6.55. The zero-order valence-corrected chi connectivity index (χ0v) is 14.2. The van der Waals surface area contributed by atoms with Gasteiger partial charge in [0.05, 0.1) is 18.9 Å². The number of benzene rings is 2. The van der Waals surface area contributed by atoms with Gasteiger partial charge in [-0.1, -0.05) is 42.5 Å². The van der Waals surface area contributed by atoms with Crippen molar-refractivity contribution < 1.29 is 19.8 Å². The predicted molar refractivity (Wildman–Crippen MR) is 98.2 cm³/mol. The molecule has 1 aliphatic rings. The van der Waals surface area contributed by atoms with E-state index in [1.54, 1.807) is 53.4 Å². The van der Waals surface area contributed by atoms with Crippen molar-refractivity contribution in [1.82, 2.24) is 4.90 Å². The molecule has 0 radical (unpaired) electrons. The molecule has 2 aromatic rings. The molecule has 2 aromatic carbocycles. The number of aliphatic hydroxyl groups is 2. The molecular weight excluding hydrogens is 332 g/mol. The highest BCUT2D eigenvalue weighted by Gasteiger charge is 2.41. The Labute approximate surface area is 151 Å². The quantitative estimate of drug-likeness (QED) is 0.822. The molecule has 0 heterocycles. The van der Waals surface area contributed by atoms with Crippen molar-refractivity contribution in [2.24, 2.45) is 4.99 Å². The molecule has 0 spiro atoms. The Balaban J connectivity index is 2.15. The van der Waals surface area contributed by atoms with E-state index in [1.807, 2.05) is 6.07 Å². The first-order chi connectivity index (χ1) is 12.7. The molecule has 0 aromatic heterocycles. The van der Waals surface area contributed by atoms with Crippen LogP contribution in [-0.2, 0) is 0 Å². The summed E-state index contributed by atoms with van der Waals surface area (Å²) in [6, 6.07) is 14.7. The molecule has 3 rings (SSSR count). The van der Waals surface area contributed by atoms with Gasteiger partial charge in [0, 0.05) is 24.2 Å². The first-order valence-electron chi connectivity index (χ1n) is 8.44. The van der Waals surface area contributed by atoms with Gasteiger partial charge in [-0.25, -0.2) is 4.99 Å². The van der Waals surface area contributed by atoms with E-state index in [-0.39, 0.29) is 43.6 Å². The summed E-state index contributed by atoms with van der Waals surface area (Å²) in [6.07, 6.45) is 0. The Morgan fingerprint density at radius 3 is 2.04 bits per heavy atom. The van der Waals surface area contributed by atoms with E-state index in [2.05, 4.69) is 4.99 Å². The Kier molecular flexibility index (Phi) is 5.68. The lowest BCUT2D eigenvalue weighted by Gasteiger charge is -2.33. The summed E-state index contributed by atoms with van der Waals surface area (Å²) in [5.74, 6) is -0.563. The molecule has 0 amide bonds. The molecule has 2 N–H and O–H groups in total. The second kappa shape index (κ2) is 8.14. The maximum Gasteiger partial charge on any atom is 0.210 e. The lowest BCUT2D eigenvalue weighted by Crippen LogP contribution is -2.54. The van der Waals surface area contributed by atoms with Crippen LogP contribution in [0.2, 0.25) is 0 Å². The van der Waals surface area contributed by atoms with Crippen LogP contribution in [0.1, 0.15) is 20.7 Å². The van der Waals surface area contributed by atoms with Crippen LogP contribution >= 0.6 is 0 Å². The maximum atomic E-state index is 13.1. The van der Waals surface area contributed by atoms with Gasteiger partial charge < -0.3 is 10.2 Å². The third kappa shape index (κ3) is 3.48. The molecular formula is C20H20N2O4. The van der Waals surface area contributed by atoms with Crippen LogP contribution in [0, 0.1) is 0 Å². The summed E-state index contributed by atoms with van der Waals surface area (Å²) < 4.78 is 0. The SMILES string of the molecule is O=C1C(=Nc2ccccc2)C(N(CCO)CCO)C(=O)c2ccccc21. The minimum absolute atomic E-state index is 0.113. The summed E-state index contributed by atoms with van der Waals surface area (Å²) in [4.78, 5) is 32.2. The monoisotopic (exact) mass is 352 g/mol. The van der Waals surface area contributed by atoms with Gasteiger partial charge in [0.1, 0.15) is 11.8 Å². The standard InChI is InChI=1S/C20H20N2O4/c23-12-10-22(11-13-24)18-17(21-14-6-2-1-3-7-14)19(25)15-8-4-5-9-16(15)20(18)26/h1-9,18,23-24H,10-13H2. The van der Waals surface area contributed by atoms with E-state index >= 15 is 0 Å². The highest BCUT2D eigenvalue weighted by Crippen LogP contribution is 2.25. The first kappa shape index (κ1) is 18.1. The minimum atomic E-state index is -0.933. The Morgan fingerprint density at radius 1 is 0.846 bits per heavy atom. The predicted octanol–water partition coefficient (Wildman–Crippen LogP) is 1.49. The van der Waals surface area contributed by atoms with Gasteiger partial charge in [0.25, 0.3) is 0 Å². The number of nitrogens with zero attached hydrogens (tertiary/aromatic N) is 2. The van der Waals surface area contributed by atoms with Crippen LogP contribution < -0.4 is 0 Å². The minimum Gasteiger partial charge on any atom is -0.395 e. The summed E-state index contributed by atoms with van der Waals surface area (Å²) in [5, 5.41) is 18.7. The number of aliphatic imine (C=N–C) groups is 1. The fourth-order valence-corrected chi connectivity index (χ4v) is 3.15. The van der Waals surface area contributed by atoms with Crippen LogP contribution in [0.5, 0.6) is 0 Å². The average molecular weight is 352 g/mol. The lowest BCUT2D eigenvalue weighted by molar-refractivity contribution is 0.0801. The number of hydrogen-bond acceptors (Lipinski definition) is 6. The van der Waals surface area contributed by atoms with Crippen molar-refractivity contribution in [2.45, 2.75) is 6.04 Å². The average Bonchev–Trinajstić information content (AvgIpc) is 2.67. The van der Waals surface area contributed by atoms with E-state index in [0.29, 0.717) is 16.8 Å². The van der Waals surface area contributed by atoms with Crippen LogP contribution in [0.4, 0.5) is 5.69 Å². The Bertz CT molecular complexity index is 827. The second-order valence-corrected chi connectivity index (χ2v) is 5.96. The molecule has 6 nitrogen and oxygen atoms in total. The van der Waals surface area contributed by atoms with Gasteiger partial charge in [-0.3, -0.25) is 14.5 Å². The largest absolute Gasteiger partial charge is 0.395 e. The van der Waals surface area contributed by atoms with E-state index in [4.69, 9.17) is 0 Å². The molecule has 1 unspecified atom stereocenters. The zero-order valence-electron chi connectivity index (χ0n) is 14.2. The third-order valence-electron chi connectivity index (χ3n) is 4.32. The molecule has 0 bridgehead atoms. The smallest absolute Gasteiger partial charge is 0.210 e. The van der Waals surface area contributed by atoms with Gasteiger partial charge in [-0.2, -0.15) is 0 Å². The lowest BCUT2D eigenvalue weighted by atomic mass is 9.83. The van der Waals surface area contributed by atoms with Gasteiger partial charge in [0.15, 0.2) is 5.78 Å². The number of carbonyl (C=O) groups excluding carboxylic acids is 2. The molecule has 0 fully saturated rings. The van der Waals surface area contributed by atoms with Crippen LogP contribution in [0.3, 0.4) is 0 Å². The Morgan fingerprint density at radius 2 is 1.42 bits per heavy atom. The molecule has 1 aliphatic carbocycles. The van der Waals surface area contributed by atoms with Crippen LogP contribution in [-0.4, -0.2) is 64.7 Å². The van der Waals surface area contributed by atoms with Gasteiger partial charge in [0.2, 0.25) is 5.78 Å². The van der Waals surface area contributed by atoms with Gasteiger partial charge >= 0.3 is 0 Å². The molecule has 0 saturated heterocycles. The number of fused-ring (bicyclic) bond motifs is 1. The molecule has 0 aliphatic heterocycles. The number of aliphatic hydroxyl groups excluding tert-OH is 2. The summed E-state index contributed by atoms with van der Waals surface area (Å²) in [7, 11) is 0. The van der Waals surface area contributed by atoms with E-state index in [1.165, 1.54) is 0 Å². The maximum absolute atomic E-state index is 13.1. The Hall–Kier alpha value is -2.67. The van der Waals surface area contributed by atoms with E-state index in [0.717, 1.165) is 0 Å². The van der Waals surface area contributed by atoms with Crippen LogP contribution in [0.15, 0.2) is 59.6 Å². The topological polar surface area (TPSA) is 90.2 Å². The molecule has 134 valence electrons. The van der Waals surface area contributed by atoms with Crippen molar-refractivity contribution in [1.29, 1.82) is 0 Å². The van der Waals surface area contributed by atoms with Crippen molar-refractivity contribution in [3.63, 3.8) is 0 Å². The molecule has 1 atom stereocenters. The van der Waals surface area contributed by atoms with Crippen LogP contribution in [0.25, 0.3) is 0 Å². The van der Waals surface area contributed by atoms with Crippen molar-refractivity contribution in [3.8, 4) is 0 Å². The molecule has 0 saturated carbocycles. The zero-order chi connectivity index (χ0) is 18.5. The van der Waals surface area contributed by atoms with Crippen molar-refractivity contribution in [3.05, 3.63) is 65.7 Å². The fourth-order valence-electron chi connectivity index (χ4n) is 3.15. The van der Waals surface area contributed by atoms with E-state index < -0.39 is 6.04 Å². The number of Topliss-reactive ketones (excluding diaryl/α,β-unsaturated/α-hetero) is 2. The molecule has 26 heavy (non-hydrogen) atoms. The first-order valence-corrected chi connectivity index (χ1v) is 8.44.